The molecule has 0 saturated carbocycles. The lowest BCUT2D eigenvalue weighted by atomic mass is 9.91. The van der Waals surface area contributed by atoms with Gasteiger partial charge in [0.2, 0.25) is 0 Å². The molecule has 2 aromatic carbocycles. The van der Waals surface area contributed by atoms with Gasteiger partial charge < -0.3 is 23.4 Å². The van der Waals surface area contributed by atoms with Crippen LogP contribution >= 0.6 is 0 Å². The number of pyridine rings is 1. The molecule has 244 valence electrons. The van der Waals surface area contributed by atoms with Gasteiger partial charge in [0.25, 0.3) is 0 Å². The maximum atomic E-state index is 12.5. The van der Waals surface area contributed by atoms with Gasteiger partial charge >= 0.3 is 11.9 Å². The number of oxazole rings is 1. The smallest absolute Gasteiger partial charge is 0.339 e. The third-order valence-corrected chi connectivity index (χ3v) is 7.39. The number of hydrogen-bond acceptors (Lipinski definition) is 9. The Hall–Kier alpha value is -4.34. The van der Waals surface area contributed by atoms with Crippen LogP contribution in [0.2, 0.25) is 0 Å². The van der Waals surface area contributed by atoms with Crippen molar-refractivity contribution in [3.63, 3.8) is 0 Å². The van der Waals surface area contributed by atoms with Crippen LogP contribution in [-0.4, -0.2) is 60.5 Å². The summed E-state index contributed by atoms with van der Waals surface area (Å²) in [5.74, 6) is 0.486. The zero-order chi connectivity index (χ0) is 32.8. The summed E-state index contributed by atoms with van der Waals surface area (Å²) in [6, 6.07) is 23.1. The number of carbonyl (C=O) groups excluding carboxylic acids is 2. The third-order valence-electron chi connectivity index (χ3n) is 7.39. The fourth-order valence-electron chi connectivity index (χ4n) is 4.60. The highest BCUT2D eigenvalue weighted by Crippen LogP contribution is 2.33. The summed E-state index contributed by atoms with van der Waals surface area (Å²) in [4.78, 5) is 33.3. The summed E-state index contributed by atoms with van der Waals surface area (Å²) in [6.45, 7) is 9.94. The van der Waals surface area contributed by atoms with E-state index in [2.05, 4.69) is 18.8 Å². The van der Waals surface area contributed by atoms with Crippen LogP contribution in [0.15, 0.2) is 89.6 Å². The predicted octanol–water partition coefficient (Wildman–Crippen LogP) is 7.35. The van der Waals surface area contributed by atoms with Crippen molar-refractivity contribution in [3.8, 4) is 22.6 Å². The average molecular weight is 629 g/mol. The molecule has 0 aliphatic carbocycles. The van der Waals surface area contributed by atoms with Crippen molar-refractivity contribution in [2.24, 2.45) is 5.41 Å². The second-order valence-electron chi connectivity index (χ2n) is 12.4. The van der Waals surface area contributed by atoms with Crippen molar-refractivity contribution in [1.82, 2.24) is 9.97 Å². The second kappa shape index (κ2) is 16.8. The number of rotatable bonds is 18. The van der Waals surface area contributed by atoms with Gasteiger partial charge in [-0.3, -0.25) is 9.78 Å². The Kier molecular flexibility index (Phi) is 12.6. The fraction of sp³-hybridized carbons (Fsp3) is 0.405. The molecule has 0 atom stereocenters. The number of carbonyl (C=O) groups is 2. The molecule has 0 aliphatic heterocycles. The molecule has 46 heavy (non-hydrogen) atoms. The molecule has 4 aromatic rings. The summed E-state index contributed by atoms with van der Waals surface area (Å²) < 4.78 is 28.8. The maximum absolute atomic E-state index is 12.5. The van der Waals surface area contributed by atoms with Crippen LogP contribution < -0.4 is 0 Å². The number of ether oxygens (including phenoxy) is 4. The normalized spacial score (nSPS) is 11.7. The van der Waals surface area contributed by atoms with E-state index < -0.39 is 5.60 Å². The summed E-state index contributed by atoms with van der Waals surface area (Å²) in [7, 11) is 0. The molecule has 0 fully saturated rings. The third kappa shape index (κ3) is 11.2. The van der Waals surface area contributed by atoms with Gasteiger partial charge in [-0.15, -0.1) is 0 Å². The molecule has 0 bridgehead atoms. The quantitative estimate of drug-likeness (QED) is 0.0825. The molecule has 2 heterocycles. The van der Waals surface area contributed by atoms with Gasteiger partial charge in [-0.2, -0.15) is 0 Å². The summed E-state index contributed by atoms with van der Waals surface area (Å²) in [5.41, 5.74) is 2.42. The molecule has 0 amide bonds. The van der Waals surface area contributed by atoms with Crippen LogP contribution in [0, 0.1) is 5.41 Å². The van der Waals surface area contributed by atoms with Crippen molar-refractivity contribution >= 4 is 11.9 Å². The first-order chi connectivity index (χ1) is 22.1. The van der Waals surface area contributed by atoms with E-state index in [1.54, 1.807) is 18.3 Å². The number of benzene rings is 2. The Labute approximate surface area is 271 Å². The second-order valence-corrected chi connectivity index (χ2v) is 12.4. The number of aromatic nitrogens is 2. The van der Waals surface area contributed by atoms with E-state index in [1.165, 1.54) is 6.20 Å². The standard InChI is InChI=1S/C37H44N2O7/c1-36(2,19-22-44-35(41)30-16-11-21-38-26-30)27-42-24-25-45-37(3,4)20-23-43-32(40)18-17-31-39-33(28-12-7-5-8-13-28)34(46-31)29-14-9-6-10-15-29/h5-16,21,26H,17-20,22-25,27H2,1-4H3. The minimum absolute atomic E-state index is 0.163. The molecule has 9 nitrogen and oxygen atoms in total. The number of hydrogen-bond donors (Lipinski definition) is 0. The van der Waals surface area contributed by atoms with Crippen LogP contribution in [0.4, 0.5) is 0 Å². The highest BCUT2D eigenvalue weighted by atomic mass is 16.5. The van der Waals surface area contributed by atoms with Crippen LogP contribution in [0.3, 0.4) is 0 Å². The largest absolute Gasteiger partial charge is 0.466 e. The van der Waals surface area contributed by atoms with E-state index in [0.717, 1.165) is 16.8 Å². The highest BCUT2D eigenvalue weighted by molar-refractivity contribution is 5.88. The average Bonchev–Trinajstić information content (AvgIpc) is 3.49. The first kappa shape index (κ1) is 34.5. The van der Waals surface area contributed by atoms with Crippen molar-refractivity contribution < 1.29 is 33.0 Å². The van der Waals surface area contributed by atoms with E-state index in [1.807, 2.05) is 74.5 Å². The molecule has 0 aliphatic rings. The zero-order valence-electron chi connectivity index (χ0n) is 27.2. The lowest BCUT2D eigenvalue weighted by Crippen LogP contribution is -2.29. The van der Waals surface area contributed by atoms with Crippen LogP contribution in [-0.2, 0) is 30.2 Å². The van der Waals surface area contributed by atoms with Gasteiger partial charge in [0, 0.05) is 36.4 Å². The Morgan fingerprint density at radius 3 is 2.17 bits per heavy atom. The number of nitrogens with zero attached hydrogens (tertiary/aromatic N) is 2. The Balaban J connectivity index is 1.12. The summed E-state index contributed by atoms with van der Waals surface area (Å²) >= 11 is 0. The van der Waals surface area contributed by atoms with Gasteiger partial charge in [-0.25, -0.2) is 9.78 Å². The monoisotopic (exact) mass is 628 g/mol. The zero-order valence-corrected chi connectivity index (χ0v) is 27.2. The van der Waals surface area contributed by atoms with Crippen molar-refractivity contribution in [3.05, 3.63) is 96.6 Å². The van der Waals surface area contributed by atoms with Gasteiger partial charge in [-0.1, -0.05) is 74.5 Å². The summed E-state index contributed by atoms with van der Waals surface area (Å²) in [6.07, 6.45) is 4.81. The van der Waals surface area contributed by atoms with E-state index in [9.17, 15) is 9.59 Å². The Morgan fingerprint density at radius 1 is 0.783 bits per heavy atom. The molecule has 0 spiro atoms. The van der Waals surface area contributed by atoms with Crippen molar-refractivity contribution in [1.29, 1.82) is 0 Å². The number of esters is 2. The van der Waals surface area contributed by atoms with Gasteiger partial charge in [0.15, 0.2) is 11.7 Å². The molecule has 0 saturated heterocycles. The number of aryl methyl sites for hydroxylation is 1. The first-order valence-electron chi connectivity index (χ1n) is 15.7. The lowest BCUT2D eigenvalue weighted by molar-refractivity contribution is -0.145. The van der Waals surface area contributed by atoms with Crippen molar-refractivity contribution in [2.75, 3.05) is 33.0 Å². The van der Waals surface area contributed by atoms with E-state index in [4.69, 9.17) is 28.3 Å². The van der Waals surface area contributed by atoms with Gasteiger partial charge in [-0.05, 0) is 37.8 Å². The SMILES string of the molecule is CC(C)(CCOC(=O)c1cccnc1)COCCOC(C)(C)CCOC(=O)CCc1nc(-c2ccccc2)c(-c2ccccc2)o1. The Bertz CT molecular complexity index is 1450. The minimum Gasteiger partial charge on any atom is -0.466 e. The highest BCUT2D eigenvalue weighted by Gasteiger charge is 2.22. The Morgan fingerprint density at radius 2 is 1.48 bits per heavy atom. The fourth-order valence-corrected chi connectivity index (χ4v) is 4.60. The molecule has 9 heteroatoms. The summed E-state index contributed by atoms with van der Waals surface area (Å²) in [5, 5.41) is 0. The van der Waals surface area contributed by atoms with E-state index in [0.29, 0.717) is 62.9 Å². The predicted molar refractivity (Wildman–Crippen MR) is 175 cm³/mol. The molecule has 0 unspecified atom stereocenters. The van der Waals surface area contributed by atoms with E-state index >= 15 is 0 Å². The van der Waals surface area contributed by atoms with Crippen molar-refractivity contribution in [2.45, 2.75) is 59.0 Å². The first-order valence-corrected chi connectivity index (χ1v) is 15.7. The van der Waals surface area contributed by atoms with Crippen LogP contribution in [0.5, 0.6) is 0 Å². The maximum Gasteiger partial charge on any atom is 0.339 e. The van der Waals surface area contributed by atoms with Gasteiger partial charge in [0.05, 0.1) is 50.6 Å². The molecular formula is C37H44N2O7. The molecule has 0 radical (unpaired) electrons. The van der Waals surface area contributed by atoms with Gasteiger partial charge in [0.1, 0.15) is 5.69 Å². The van der Waals surface area contributed by atoms with E-state index in [-0.39, 0.29) is 30.4 Å². The van der Waals surface area contributed by atoms with Crippen LogP contribution in [0.1, 0.15) is 63.2 Å². The van der Waals surface area contributed by atoms with Crippen LogP contribution in [0.25, 0.3) is 22.6 Å². The molecule has 4 rings (SSSR count). The molecule has 2 aromatic heterocycles. The molecule has 0 N–H and O–H groups in total. The lowest BCUT2D eigenvalue weighted by Gasteiger charge is -2.27. The minimum atomic E-state index is -0.489. The molecular weight excluding hydrogens is 584 g/mol. The topological polar surface area (TPSA) is 110 Å².